The zero-order chi connectivity index (χ0) is 20.9. The molecule has 0 saturated carbocycles. The summed E-state index contributed by atoms with van der Waals surface area (Å²) in [6, 6.07) is 5.01. The smallest absolute Gasteiger partial charge is 0.258 e. The van der Waals surface area contributed by atoms with Crippen molar-refractivity contribution in [2.45, 2.75) is 51.0 Å². The first-order valence-electron chi connectivity index (χ1n) is 10.6. The van der Waals surface area contributed by atoms with Gasteiger partial charge in [-0.1, -0.05) is 19.9 Å². The Kier molecular flexibility index (Phi) is 7.86. The van der Waals surface area contributed by atoms with E-state index in [-0.39, 0.29) is 17.4 Å². The summed E-state index contributed by atoms with van der Waals surface area (Å²) in [6.45, 7) is 11.5. The molecule has 0 aliphatic carbocycles. The molecule has 1 aromatic heterocycles. The Balaban J connectivity index is 1.61. The van der Waals surface area contributed by atoms with Gasteiger partial charge in [-0.25, -0.2) is 18.1 Å². The molecule has 1 aromatic rings. The van der Waals surface area contributed by atoms with Gasteiger partial charge >= 0.3 is 0 Å². The van der Waals surface area contributed by atoms with Crippen molar-refractivity contribution in [1.82, 2.24) is 14.6 Å². The van der Waals surface area contributed by atoms with Crippen LogP contribution in [-0.2, 0) is 19.5 Å². The van der Waals surface area contributed by atoms with Gasteiger partial charge in [0.25, 0.3) is 10.0 Å². The van der Waals surface area contributed by atoms with E-state index in [0.29, 0.717) is 31.5 Å². The van der Waals surface area contributed by atoms with E-state index in [0.717, 1.165) is 39.0 Å². The summed E-state index contributed by atoms with van der Waals surface area (Å²) in [5.41, 5.74) is 0. The summed E-state index contributed by atoms with van der Waals surface area (Å²) in [5, 5.41) is 0.0750. The fourth-order valence-electron chi connectivity index (χ4n) is 4.01. The maximum atomic E-state index is 12.8. The van der Waals surface area contributed by atoms with Crippen LogP contribution >= 0.6 is 0 Å². The normalized spacial score (nSPS) is 20.5. The summed E-state index contributed by atoms with van der Waals surface area (Å²) in [7, 11) is -3.66. The third-order valence-corrected chi connectivity index (χ3v) is 7.15. The molecule has 2 aliphatic heterocycles. The number of nitrogens with zero attached hydrogens (tertiary/aromatic N) is 3. The van der Waals surface area contributed by atoms with Crippen LogP contribution in [0.1, 0.15) is 33.6 Å². The minimum absolute atomic E-state index is 0.0750. The van der Waals surface area contributed by atoms with Gasteiger partial charge in [-0.05, 0) is 45.0 Å². The summed E-state index contributed by atoms with van der Waals surface area (Å²) < 4.78 is 39.7. The molecule has 0 bridgehead atoms. The zero-order valence-electron chi connectivity index (χ0n) is 17.7. The number of rotatable bonds is 9. The molecule has 2 saturated heterocycles. The highest BCUT2D eigenvalue weighted by atomic mass is 32.2. The summed E-state index contributed by atoms with van der Waals surface area (Å²) >= 11 is 0. The van der Waals surface area contributed by atoms with Crippen molar-refractivity contribution in [3.63, 3.8) is 0 Å². The first kappa shape index (κ1) is 22.4. The molecular weight excluding hydrogens is 392 g/mol. The van der Waals surface area contributed by atoms with Crippen LogP contribution in [0, 0.1) is 5.92 Å². The lowest BCUT2D eigenvalue weighted by molar-refractivity contribution is -0.0889. The standard InChI is InChI=1S/C20H34N4O4S/c1-4-23(5-2)15-16(3)22-29(25,26)19-8-6-7-18(21-19)24-11-9-17(10-12-24)20-27-13-14-28-20/h6-8,16-17,20,22H,4-5,9-15H2,1-3H3. The number of hydrogen-bond acceptors (Lipinski definition) is 7. The summed E-state index contributed by atoms with van der Waals surface area (Å²) in [6.07, 6.45) is 1.80. The van der Waals surface area contributed by atoms with Crippen molar-refractivity contribution in [1.29, 1.82) is 0 Å². The molecule has 164 valence electrons. The molecule has 0 spiro atoms. The first-order chi connectivity index (χ1) is 13.9. The SMILES string of the molecule is CCN(CC)CC(C)NS(=O)(=O)c1cccc(N2CCC(C3OCCO3)CC2)n1. The summed E-state index contributed by atoms with van der Waals surface area (Å²) in [4.78, 5) is 8.80. The van der Waals surface area contributed by atoms with Gasteiger partial charge in [0.2, 0.25) is 0 Å². The Labute approximate surface area is 174 Å². The van der Waals surface area contributed by atoms with Crippen LogP contribution < -0.4 is 9.62 Å². The van der Waals surface area contributed by atoms with Crippen LogP contribution in [-0.4, -0.2) is 76.6 Å². The Hall–Kier alpha value is -1.26. The number of sulfonamides is 1. The van der Waals surface area contributed by atoms with Crippen molar-refractivity contribution < 1.29 is 17.9 Å². The topological polar surface area (TPSA) is 84.0 Å². The molecule has 0 amide bonds. The first-order valence-corrected chi connectivity index (χ1v) is 12.1. The van der Waals surface area contributed by atoms with Gasteiger partial charge in [0.15, 0.2) is 11.3 Å². The maximum Gasteiger partial charge on any atom is 0.258 e. The van der Waals surface area contributed by atoms with Crippen molar-refractivity contribution in [2.75, 3.05) is 50.8 Å². The van der Waals surface area contributed by atoms with E-state index in [4.69, 9.17) is 9.47 Å². The molecule has 3 heterocycles. The highest BCUT2D eigenvalue weighted by Gasteiger charge is 2.31. The predicted octanol–water partition coefficient (Wildman–Crippen LogP) is 1.68. The van der Waals surface area contributed by atoms with Crippen LogP contribution in [0.5, 0.6) is 0 Å². The van der Waals surface area contributed by atoms with Gasteiger partial charge < -0.3 is 19.3 Å². The number of anilines is 1. The average molecular weight is 427 g/mol. The largest absolute Gasteiger partial charge is 0.357 e. The van der Waals surface area contributed by atoms with Crippen molar-refractivity contribution in [3.8, 4) is 0 Å². The Morgan fingerprint density at radius 3 is 2.48 bits per heavy atom. The second-order valence-corrected chi connectivity index (χ2v) is 9.44. The maximum absolute atomic E-state index is 12.8. The van der Waals surface area contributed by atoms with E-state index in [9.17, 15) is 8.42 Å². The van der Waals surface area contributed by atoms with Gasteiger partial charge in [0.1, 0.15) is 5.82 Å². The minimum atomic E-state index is -3.66. The van der Waals surface area contributed by atoms with E-state index in [1.54, 1.807) is 12.1 Å². The average Bonchev–Trinajstić information content (AvgIpc) is 3.27. The molecule has 1 unspecified atom stereocenters. The third kappa shape index (κ3) is 5.88. The molecule has 2 aliphatic rings. The molecule has 0 aromatic carbocycles. The number of nitrogens with one attached hydrogen (secondary N) is 1. The second kappa shape index (κ2) is 10.2. The number of likely N-dealkylation sites (N-methyl/N-ethyl adjacent to an activating group) is 1. The fraction of sp³-hybridized carbons (Fsp3) is 0.750. The Morgan fingerprint density at radius 1 is 1.21 bits per heavy atom. The minimum Gasteiger partial charge on any atom is -0.357 e. The Morgan fingerprint density at radius 2 is 1.86 bits per heavy atom. The van der Waals surface area contributed by atoms with Gasteiger partial charge in [0, 0.05) is 31.6 Å². The number of aromatic nitrogens is 1. The van der Waals surface area contributed by atoms with Crippen molar-refractivity contribution in [2.24, 2.45) is 5.92 Å². The molecular formula is C20H34N4O4S. The number of pyridine rings is 1. The molecule has 1 N–H and O–H groups in total. The molecule has 2 fully saturated rings. The van der Waals surface area contributed by atoms with Crippen LogP contribution in [0.15, 0.2) is 23.2 Å². The number of piperidine rings is 1. The van der Waals surface area contributed by atoms with E-state index < -0.39 is 10.0 Å². The van der Waals surface area contributed by atoms with Crippen molar-refractivity contribution in [3.05, 3.63) is 18.2 Å². The third-order valence-electron chi connectivity index (χ3n) is 5.66. The van der Waals surface area contributed by atoms with E-state index in [1.807, 2.05) is 13.0 Å². The molecule has 9 heteroatoms. The van der Waals surface area contributed by atoms with Crippen LogP contribution in [0.2, 0.25) is 0 Å². The molecule has 0 radical (unpaired) electrons. The second-order valence-electron chi connectivity index (χ2n) is 7.78. The highest BCUT2D eigenvalue weighted by Crippen LogP contribution is 2.28. The fourth-order valence-corrected chi connectivity index (χ4v) is 5.21. The van der Waals surface area contributed by atoms with Gasteiger partial charge in [-0.15, -0.1) is 0 Å². The quantitative estimate of drug-likeness (QED) is 0.643. The zero-order valence-corrected chi connectivity index (χ0v) is 18.5. The lowest BCUT2D eigenvalue weighted by Gasteiger charge is -2.34. The lowest BCUT2D eigenvalue weighted by atomic mass is 9.96. The van der Waals surface area contributed by atoms with Crippen molar-refractivity contribution >= 4 is 15.8 Å². The van der Waals surface area contributed by atoms with Crippen LogP contribution in [0.3, 0.4) is 0 Å². The monoisotopic (exact) mass is 426 g/mol. The van der Waals surface area contributed by atoms with Crippen LogP contribution in [0.25, 0.3) is 0 Å². The number of hydrogen-bond donors (Lipinski definition) is 1. The molecule has 29 heavy (non-hydrogen) atoms. The van der Waals surface area contributed by atoms with Crippen LogP contribution in [0.4, 0.5) is 5.82 Å². The van der Waals surface area contributed by atoms with E-state index >= 15 is 0 Å². The Bertz CT molecular complexity index is 743. The number of ether oxygens (including phenoxy) is 2. The molecule has 1 atom stereocenters. The van der Waals surface area contributed by atoms with Gasteiger partial charge in [-0.2, -0.15) is 0 Å². The predicted molar refractivity (Wildman–Crippen MR) is 112 cm³/mol. The van der Waals surface area contributed by atoms with E-state index in [1.165, 1.54) is 0 Å². The lowest BCUT2D eigenvalue weighted by Crippen LogP contribution is -2.42. The van der Waals surface area contributed by atoms with E-state index in [2.05, 4.69) is 33.4 Å². The molecule has 3 rings (SSSR count). The van der Waals surface area contributed by atoms with Gasteiger partial charge in [0.05, 0.1) is 13.2 Å². The highest BCUT2D eigenvalue weighted by molar-refractivity contribution is 7.89. The van der Waals surface area contributed by atoms with Gasteiger partial charge in [-0.3, -0.25) is 0 Å². The molecule has 8 nitrogen and oxygen atoms in total. The summed E-state index contributed by atoms with van der Waals surface area (Å²) in [5.74, 6) is 1.10.